The van der Waals surface area contributed by atoms with Gasteiger partial charge in [0.25, 0.3) is 5.92 Å². The Balaban J connectivity index is 1.85. The van der Waals surface area contributed by atoms with Gasteiger partial charge in [-0.25, -0.2) is 8.78 Å². The molecule has 1 aromatic rings. The second kappa shape index (κ2) is 4.30. The minimum atomic E-state index is -2.49. The van der Waals surface area contributed by atoms with Crippen LogP contribution >= 0.6 is 0 Å². The highest BCUT2D eigenvalue weighted by Gasteiger charge is 2.47. The van der Waals surface area contributed by atoms with Crippen molar-refractivity contribution in [2.45, 2.75) is 50.5 Å². The molecular weight excluding hydrogens is 238 g/mol. The molecule has 1 unspecified atom stereocenters. The molecule has 0 N–H and O–H groups in total. The Morgan fingerprint density at radius 2 is 2.28 bits per heavy atom. The first-order valence-corrected chi connectivity index (χ1v) is 6.63. The van der Waals surface area contributed by atoms with Gasteiger partial charge in [0.1, 0.15) is 0 Å². The first kappa shape index (κ1) is 12.1. The van der Waals surface area contributed by atoms with Crippen molar-refractivity contribution in [2.75, 3.05) is 13.2 Å². The number of ether oxygens (including phenoxy) is 1. The Labute approximate surface area is 105 Å². The minimum absolute atomic E-state index is 0.0710. The molecule has 0 aromatic carbocycles. The standard InChI is InChI=1S/C13H18F2N2O/c1-2-10-5-12(9-3-4-18-8-9)17(16-10)11-6-13(14,15)7-11/h5,9,11H,2-4,6-8H2,1H3. The Hall–Kier alpha value is -0.970. The van der Waals surface area contributed by atoms with Crippen molar-refractivity contribution in [2.24, 2.45) is 0 Å². The highest BCUT2D eigenvalue weighted by Crippen LogP contribution is 2.46. The summed E-state index contributed by atoms with van der Waals surface area (Å²) in [4.78, 5) is 0. The number of hydrogen-bond acceptors (Lipinski definition) is 2. The van der Waals surface area contributed by atoms with Gasteiger partial charge in [0.05, 0.1) is 18.3 Å². The van der Waals surface area contributed by atoms with E-state index in [1.807, 2.05) is 11.6 Å². The van der Waals surface area contributed by atoms with Crippen LogP contribution in [0.4, 0.5) is 8.78 Å². The van der Waals surface area contributed by atoms with Crippen LogP contribution in [0.5, 0.6) is 0 Å². The molecule has 1 aromatic heterocycles. The SMILES string of the molecule is CCc1cc(C2CCOC2)n(C2CC(F)(F)C2)n1. The third-order valence-electron chi connectivity index (χ3n) is 3.94. The van der Waals surface area contributed by atoms with Crippen molar-refractivity contribution in [3.05, 3.63) is 17.5 Å². The Morgan fingerprint density at radius 3 is 2.83 bits per heavy atom. The van der Waals surface area contributed by atoms with Crippen molar-refractivity contribution < 1.29 is 13.5 Å². The smallest absolute Gasteiger partial charge is 0.252 e. The van der Waals surface area contributed by atoms with Gasteiger partial charge < -0.3 is 4.74 Å². The van der Waals surface area contributed by atoms with Crippen molar-refractivity contribution >= 4 is 0 Å². The topological polar surface area (TPSA) is 27.1 Å². The molecule has 1 saturated carbocycles. The van der Waals surface area contributed by atoms with E-state index < -0.39 is 5.92 Å². The summed E-state index contributed by atoms with van der Waals surface area (Å²) < 4.78 is 33.2. The maximum Gasteiger partial charge on any atom is 0.252 e. The largest absolute Gasteiger partial charge is 0.381 e. The molecule has 5 heteroatoms. The molecule has 18 heavy (non-hydrogen) atoms. The second-order valence-electron chi connectivity index (χ2n) is 5.34. The van der Waals surface area contributed by atoms with Crippen LogP contribution in [0.1, 0.15) is 49.5 Å². The minimum Gasteiger partial charge on any atom is -0.381 e. The number of hydrogen-bond donors (Lipinski definition) is 0. The number of halogens is 2. The summed E-state index contributed by atoms with van der Waals surface area (Å²) >= 11 is 0. The lowest BCUT2D eigenvalue weighted by Gasteiger charge is -2.36. The van der Waals surface area contributed by atoms with E-state index in [-0.39, 0.29) is 18.9 Å². The lowest BCUT2D eigenvalue weighted by molar-refractivity contribution is -0.107. The summed E-state index contributed by atoms with van der Waals surface area (Å²) in [5.74, 6) is -2.17. The first-order chi connectivity index (χ1) is 8.59. The van der Waals surface area contributed by atoms with Crippen molar-refractivity contribution in [1.29, 1.82) is 0 Å². The van der Waals surface area contributed by atoms with E-state index in [1.54, 1.807) is 0 Å². The van der Waals surface area contributed by atoms with Crippen molar-refractivity contribution in [3.8, 4) is 0 Å². The molecule has 2 aliphatic rings. The lowest BCUT2D eigenvalue weighted by atomic mass is 9.87. The molecule has 100 valence electrons. The average Bonchev–Trinajstić information content (AvgIpc) is 2.94. The fourth-order valence-electron chi connectivity index (χ4n) is 2.80. The highest BCUT2D eigenvalue weighted by molar-refractivity contribution is 5.18. The molecular formula is C13H18F2N2O. The lowest BCUT2D eigenvalue weighted by Crippen LogP contribution is -2.38. The van der Waals surface area contributed by atoms with E-state index in [4.69, 9.17) is 4.74 Å². The van der Waals surface area contributed by atoms with Crippen LogP contribution in [-0.4, -0.2) is 28.9 Å². The zero-order valence-corrected chi connectivity index (χ0v) is 10.5. The summed E-state index contributed by atoms with van der Waals surface area (Å²) in [6.07, 6.45) is 1.67. The summed E-state index contributed by atoms with van der Waals surface area (Å²) in [5, 5.41) is 4.49. The molecule has 1 saturated heterocycles. The van der Waals surface area contributed by atoms with Crippen LogP contribution in [0.3, 0.4) is 0 Å². The van der Waals surface area contributed by atoms with Gasteiger partial charge >= 0.3 is 0 Å². The molecule has 0 radical (unpaired) electrons. The van der Waals surface area contributed by atoms with E-state index in [0.29, 0.717) is 12.5 Å². The molecule has 3 nitrogen and oxygen atoms in total. The summed E-state index contributed by atoms with van der Waals surface area (Å²) in [7, 11) is 0. The fraction of sp³-hybridized carbons (Fsp3) is 0.769. The van der Waals surface area contributed by atoms with E-state index in [0.717, 1.165) is 30.8 Å². The zero-order chi connectivity index (χ0) is 12.8. The molecule has 0 bridgehead atoms. The molecule has 2 fully saturated rings. The van der Waals surface area contributed by atoms with Gasteiger partial charge in [-0.2, -0.15) is 5.10 Å². The van der Waals surface area contributed by atoms with Crippen LogP contribution in [-0.2, 0) is 11.2 Å². The first-order valence-electron chi connectivity index (χ1n) is 6.63. The van der Waals surface area contributed by atoms with Crippen LogP contribution in [0.15, 0.2) is 6.07 Å². The van der Waals surface area contributed by atoms with Gasteiger partial charge in [0.15, 0.2) is 0 Å². The van der Waals surface area contributed by atoms with Crippen molar-refractivity contribution in [1.82, 2.24) is 9.78 Å². The third kappa shape index (κ3) is 2.05. The van der Waals surface area contributed by atoms with Gasteiger partial charge in [-0.15, -0.1) is 0 Å². The second-order valence-corrected chi connectivity index (χ2v) is 5.34. The van der Waals surface area contributed by atoms with Gasteiger partial charge in [-0.05, 0) is 18.9 Å². The average molecular weight is 256 g/mol. The molecule has 2 heterocycles. The van der Waals surface area contributed by atoms with Gasteiger partial charge in [-0.1, -0.05) is 6.92 Å². The van der Waals surface area contributed by atoms with Crippen LogP contribution in [0.2, 0.25) is 0 Å². The van der Waals surface area contributed by atoms with Crippen molar-refractivity contribution in [3.63, 3.8) is 0 Å². The predicted octanol–water partition coefficient (Wildman–Crippen LogP) is 2.92. The number of rotatable bonds is 3. The Morgan fingerprint density at radius 1 is 1.50 bits per heavy atom. The maximum absolute atomic E-state index is 13.0. The maximum atomic E-state index is 13.0. The van der Waals surface area contributed by atoms with Gasteiger partial charge in [0.2, 0.25) is 0 Å². The zero-order valence-electron chi connectivity index (χ0n) is 10.5. The Bertz CT molecular complexity index is 430. The highest BCUT2D eigenvalue weighted by atomic mass is 19.3. The number of alkyl halides is 2. The van der Waals surface area contributed by atoms with E-state index in [9.17, 15) is 8.78 Å². The summed E-state index contributed by atoms with van der Waals surface area (Å²) in [6, 6.07) is 1.94. The molecule has 1 aliphatic heterocycles. The van der Waals surface area contributed by atoms with E-state index in [1.165, 1.54) is 0 Å². The fourth-order valence-corrected chi connectivity index (χ4v) is 2.80. The van der Waals surface area contributed by atoms with E-state index >= 15 is 0 Å². The van der Waals surface area contributed by atoms with E-state index in [2.05, 4.69) is 11.2 Å². The monoisotopic (exact) mass is 256 g/mol. The van der Waals surface area contributed by atoms with Gasteiger partial charge in [0, 0.05) is 31.1 Å². The molecule has 0 amide bonds. The number of aryl methyl sites for hydroxylation is 1. The number of aromatic nitrogens is 2. The quantitative estimate of drug-likeness (QED) is 0.831. The van der Waals surface area contributed by atoms with Crippen LogP contribution in [0, 0.1) is 0 Å². The number of nitrogens with zero attached hydrogens (tertiary/aromatic N) is 2. The predicted molar refractivity (Wildman–Crippen MR) is 63.0 cm³/mol. The normalized spacial score (nSPS) is 27.4. The molecule has 0 spiro atoms. The van der Waals surface area contributed by atoms with Crippen LogP contribution < -0.4 is 0 Å². The third-order valence-corrected chi connectivity index (χ3v) is 3.94. The molecule has 1 atom stereocenters. The van der Waals surface area contributed by atoms with Gasteiger partial charge in [-0.3, -0.25) is 4.68 Å². The van der Waals surface area contributed by atoms with Crippen LogP contribution in [0.25, 0.3) is 0 Å². The Kier molecular flexibility index (Phi) is 2.88. The summed E-state index contributed by atoms with van der Waals surface area (Å²) in [6.45, 7) is 3.49. The summed E-state index contributed by atoms with van der Waals surface area (Å²) in [5.41, 5.74) is 2.08. The molecule has 1 aliphatic carbocycles. The molecule has 3 rings (SSSR count).